The fraction of sp³-hybridized carbons (Fsp3) is 0.455. The number of aliphatic hydroxyl groups excluding tert-OH is 2. The monoisotopic (exact) mass is 264 g/mol. The van der Waals surface area contributed by atoms with Crippen molar-refractivity contribution in [1.82, 2.24) is 19.5 Å². The van der Waals surface area contributed by atoms with Crippen molar-refractivity contribution < 1.29 is 14.9 Å². The standard InChI is InChI=1S/C11H14N5O3/c1-2-5-7(17)8(18)11(19-5)16-4-15-6-9(12)13-3-14-10(6)16/h3-5,7-8,11,17-18H,1-2H2,(H2,12,13,14)/q-1/t5-,7-,8-,11-/m1/s1. The lowest BCUT2D eigenvalue weighted by atomic mass is 10.1. The van der Waals surface area contributed by atoms with E-state index in [0.717, 1.165) is 0 Å². The van der Waals surface area contributed by atoms with Gasteiger partial charge in [-0.05, 0) is 0 Å². The van der Waals surface area contributed by atoms with Crippen LogP contribution in [-0.4, -0.2) is 48.0 Å². The molecule has 1 aliphatic heterocycles. The quantitative estimate of drug-likeness (QED) is 0.610. The van der Waals surface area contributed by atoms with Crippen LogP contribution >= 0.6 is 0 Å². The summed E-state index contributed by atoms with van der Waals surface area (Å²) in [5.41, 5.74) is 6.58. The summed E-state index contributed by atoms with van der Waals surface area (Å²) in [6, 6.07) is 0. The Balaban J connectivity index is 2.04. The summed E-state index contributed by atoms with van der Waals surface area (Å²) in [6.07, 6.45) is -0.204. The first kappa shape index (κ1) is 12.3. The highest BCUT2D eigenvalue weighted by molar-refractivity contribution is 5.81. The molecule has 1 aliphatic rings. The minimum atomic E-state index is -1.07. The van der Waals surface area contributed by atoms with E-state index in [1.807, 2.05) is 0 Å². The van der Waals surface area contributed by atoms with Crippen molar-refractivity contribution in [3.05, 3.63) is 19.6 Å². The molecule has 0 spiro atoms. The van der Waals surface area contributed by atoms with Gasteiger partial charge in [0.1, 0.15) is 24.1 Å². The van der Waals surface area contributed by atoms with Crippen LogP contribution in [0.2, 0.25) is 0 Å². The number of hydrogen-bond acceptors (Lipinski definition) is 7. The van der Waals surface area contributed by atoms with Gasteiger partial charge in [-0.25, -0.2) is 15.0 Å². The predicted octanol–water partition coefficient (Wildman–Crippen LogP) is -0.748. The van der Waals surface area contributed by atoms with Gasteiger partial charge in [0.15, 0.2) is 17.7 Å². The number of nitrogens with zero attached hydrogens (tertiary/aromatic N) is 4. The van der Waals surface area contributed by atoms with Crippen LogP contribution in [0, 0.1) is 6.92 Å². The fourth-order valence-electron chi connectivity index (χ4n) is 2.25. The number of nitrogens with two attached hydrogens (primary N) is 1. The van der Waals surface area contributed by atoms with Crippen LogP contribution in [0.5, 0.6) is 0 Å². The third kappa shape index (κ3) is 1.76. The first-order chi connectivity index (χ1) is 9.13. The van der Waals surface area contributed by atoms with E-state index in [0.29, 0.717) is 17.6 Å². The van der Waals surface area contributed by atoms with Crippen molar-refractivity contribution in [2.75, 3.05) is 5.73 Å². The maximum atomic E-state index is 10.0. The Morgan fingerprint density at radius 1 is 1.32 bits per heavy atom. The number of nitrogen functional groups attached to an aromatic ring is 1. The van der Waals surface area contributed by atoms with E-state index in [1.54, 1.807) is 0 Å². The van der Waals surface area contributed by atoms with E-state index in [-0.39, 0.29) is 5.82 Å². The highest BCUT2D eigenvalue weighted by Gasteiger charge is 2.42. The van der Waals surface area contributed by atoms with Crippen LogP contribution < -0.4 is 5.73 Å². The summed E-state index contributed by atoms with van der Waals surface area (Å²) in [6.45, 7) is 3.68. The van der Waals surface area contributed by atoms with Crippen molar-refractivity contribution in [2.24, 2.45) is 0 Å². The SMILES string of the molecule is [CH2-]C[C@H]1O[C@@H](n2cnc3c(N)ncnc32)[C@H](O)[C@@H]1O. The molecule has 1 saturated heterocycles. The lowest BCUT2D eigenvalue weighted by Crippen LogP contribution is -2.31. The topological polar surface area (TPSA) is 119 Å². The smallest absolute Gasteiger partial charge is 0.167 e. The molecule has 3 heterocycles. The Hall–Kier alpha value is -1.77. The number of aromatic nitrogens is 4. The van der Waals surface area contributed by atoms with E-state index >= 15 is 0 Å². The second-order valence-electron chi connectivity index (χ2n) is 4.42. The van der Waals surface area contributed by atoms with Crippen molar-refractivity contribution in [1.29, 1.82) is 0 Å². The predicted molar refractivity (Wildman–Crippen MR) is 65.6 cm³/mol. The zero-order valence-corrected chi connectivity index (χ0v) is 10.0. The zero-order valence-electron chi connectivity index (χ0n) is 10.0. The number of anilines is 1. The van der Waals surface area contributed by atoms with E-state index in [4.69, 9.17) is 10.5 Å². The third-order valence-corrected chi connectivity index (χ3v) is 3.28. The van der Waals surface area contributed by atoms with Crippen LogP contribution in [-0.2, 0) is 4.74 Å². The Morgan fingerprint density at radius 2 is 2.11 bits per heavy atom. The summed E-state index contributed by atoms with van der Waals surface area (Å²) in [5.74, 6) is 0.255. The first-order valence-corrected chi connectivity index (χ1v) is 5.87. The number of imidazole rings is 1. The minimum Gasteiger partial charge on any atom is -0.388 e. The summed E-state index contributed by atoms with van der Waals surface area (Å²) in [7, 11) is 0. The van der Waals surface area contributed by atoms with Gasteiger partial charge in [-0.1, -0.05) is 0 Å². The molecule has 0 amide bonds. The Labute approximate surface area is 108 Å². The molecule has 2 aromatic heterocycles. The van der Waals surface area contributed by atoms with Crippen molar-refractivity contribution in [3.63, 3.8) is 0 Å². The maximum absolute atomic E-state index is 10.0. The van der Waals surface area contributed by atoms with Crippen LogP contribution in [0.15, 0.2) is 12.7 Å². The molecular weight excluding hydrogens is 250 g/mol. The largest absolute Gasteiger partial charge is 0.388 e. The number of aliphatic hydroxyl groups is 2. The number of hydrogen-bond donors (Lipinski definition) is 3. The van der Waals surface area contributed by atoms with Gasteiger partial charge < -0.3 is 27.6 Å². The van der Waals surface area contributed by atoms with Gasteiger partial charge in [0.2, 0.25) is 0 Å². The van der Waals surface area contributed by atoms with E-state index < -0.39 is 24.5 Å². The molecule has 19 heavy (non-hydrogen) atoms. The van der Waals surface area contributed by atoms with Gasteiger partial charge in [-0.2, -0.15) is 6.42 Å². The first-order valence-electron chi connectivity index (χ1n) is 5.87. The average Bonchev–Trinajstić information content (AvgIpc) is 2.94. The van der Waals surface area contributed by atoms with Gasteiger partial charge in [0.25, 0.3) is 0 Å². The van der Waals surface area contributed by atoms with Gasteiger partial charge in [-0.3, -0.25) is 4.57 Å². The van der Waals surface area contributed by atoms with Crippen LogP contribution in [0.4, 0.5) is 5.82 Å². The van der Waals surface area contributed by atoms with Crippen LogP contribution in [0.3, 0.4) is 0 Å². The maximum Gasteiger partial charge on any atom is 0.167 e. The molecule has 2 aromatic rings. The average molecular weight is 264 g/mol. The summed E-state index contributed by atoms with van der Waals surface area (Å²) >= 11 is 0. The molecule has 3 rings (SSSR count). The number of rotatable bonds is 2. The second-order valence-corrected chi connectivity index (χ2v) is 4.42. The lowest BCUT2D eigenvalue weighted by Gasteiger charge is -2.16. The Kier molecular flexibility index (Phi) is 2.85. The molecule has 8 heteroatoms. The molecule has 102 valence electrons. The molecule has 8 nitrogen and oxygen atoms in total. The number of ether oxygens (including phenoxy) is 1. The van der Waals surface area contributed by atoms with E-state index in [9.17, 15) is 10.2 Å². The van der Waals surface area contributed by atoms with E-state index in [2.05, 4.69) is 21.9 Å². The van der Waals surface area contributed by atoms with Crippen molar-refractivity contribution in [2.45, 2.75) is 31.0 Å². The molecule has 0 aliphatic carbocycles. The highest BCUT2D eigenvalue weighted by Crippen LogP contribution is 2.32. The molecule has 4 atom stereocenters. The zero-order chi connectivity index (χ0) is 13.6. The Morgan fingerprint density at radius 3 is 2.79 bits per heavy atom. The second kappa shape index (κ2) is 4.41. The molecule has 0 aromatic carbocycles. The lowest BCUT2D eigenvalue weighted by molar-refractivity contribution is -0.0339. The summed E-state index contributed by atoms with van der Waals surface area (Å²) in [5, 5.41) is 19.9. The molecule has 0 bridgehead atoms. The van der Waals surface area contributed by atoms with Gasteiger partial charge >= 0.3 is 0 Å². The van der Waals surface area contributed by atoms with Crippen molar-refractivity contribution >= 4 is 17.0 Å². The molecule has 0 saturated carbocycles. The van der Waals surface area contributed by atoms with Crippen LogP contribution in [0.25, 0.3) is 11.2 Å². The van der Waals surface area contributed by atoms with Gasteiger partial charge in [0, 0.05) is 0 Å². The van der Waals surface area contributed by atoms with Crippen molar-refractivity contribution in [3.8, 4) is 0 Å². The van der Waals surface area contributed by atoms with E-state index in [1.165, 1.54) is 17.2 Å². The Bertz CT molecular complexity index is 601. The summed E-state index contributed by atoms with van der Waals surface area (Å²) in [4.78, 5) is 12.0. The minimum absolute atomic E-state index is 0.255. The molecular formula is C11H14N5O3-. The summed E-state index contributed by atoms with van der Waals surface area (Å²) < 4.78 is 7.13. The molecule has 4 N–H and O–H groups in total. The number of fused-ring (bicyclic) bond motifs is 1. The fourth-order valence-corrected chi connectivity index (χ4v) is 2.25. The molecule has 0 unspecified atom stereocenters. The van der Waals surface area contributed by atoms with Crippen LogP contribution in [0.1, 0.15) is 12.6 Å². The third-order valence-electron chi connectivity index (χ3n) is 3.28. The molecule has 1 fully saturated rings. The normalized spacial score (nSPS) is 31.1. The molecule has 0 radical (unpaired) electrons. The highest BCUT2D eigenvalue weighted by atomic mass is 16.6. The van der Waals surface area contributed by atoms with Gasteiger partial charge in [0.05, 0.1) is 12.4 Å². The van der Waals surface area contributed by atoms with Gasteiger partial charge in [-0.15, -0.1) is 0 Å².